The van der Waals surface area contributed by atoms with E-state index in [0.29, 0.717) is 17.5 Å². The highest BCUT2D eigenvalue weighted by molar-refractivity contribution is 7.92. The van der Waals surface area contributed by atoms with E-state index in [1.54, 1.807) is 24.3 Å². The topological polar surface area (TPSA) is 66.5 Å². The summed E-state index contributed by atoms with van der Waals surface area (Å²) < 4.78 is 40.9. The van der Waals surface area contributed by atoms with Gasteiger partial charge in [0.15, 0.2) is 0 Å². The largest absolute Gasteiger partial charge is 0.352 e. The molecule has 0 aromatic heterocycles. The summed E-state index contributed by atoms with van der Waals surface area (Å²) in [5, 5.41) is 3.05. The van der Waals surface area contributed by atoms with Crippen LogP contribution in [-0.4, -0.2) is 26.9 Å². The molecule has 7 heteroatoms. The van der Waals surface area contributed by atoms with Crippen LogP contribution in [0.15, 0.2) is 53.4 Å². The maximum Gasteiger partial charge on any atom is 0.264 e. The van der Waals surface area contributed by atoms with Crippen LogP contribution in [0.3, 0.4) is 0 Å². The van der Waals surface area contributed by atoms with Crippen molar-refractivity contribution < 1.29 is 17.6 Å². The fourth-order valence-electron chi connectivity index (χ4n) is 4.56. The molecule has 2 aromatic rings. The molecule has 2 fully saturated rings. The Morgan fingerprint density at radius 2 is 1.76 bits per heavy atom. The fraction of sp³-hybridized carbons (Fsp3) is 0.409. The van der Waals surface area contributed by atoms with Crippen molar-refractivity contribution in [3.63, 3.8) is 0 Å². The highest BCUT2D eigenvalue weighted by Crippen LogP contribution is 2.44. The lowest BCUT2D eigenvalue weighted by molar-refractivity contribution is -0.120. The van der Waals surface area contributed by atoms with Crippen molar-refractivity contribution >= 4 is 21.6 Å². The minimum absolute atomic E-state index is 0.0489. The summed E-state index contributed by atoms with van der Waals surface area (Å²) in [6, 6.07) is 11.8. The van der Waals surface area contributed by atoms with Gasteiger partial charge in [0.2, 0.25) is 5.91 Å². The maximum absolute atomic E-state index is 13.3. The SMILES string of the molecule is Cc1ccc(N(CC(=O)N[C@@H]2C[C@@H]3CC[C@@H]2C3)S(=O)(=O)c2ccc(F)cc2)cc1. The number of anilines is 1. The zero-order valence-electron chi connectivity index (χ0n) is 16.3. The van der Waals surface area contributed by atoms with Crippen molar-refractivity contribution in [3.8, 4) is 0 Å². The molecule has 154 valence electrons. The second-order valence-corrected chi connectivity index (χ2v) is 10.0. The quantitative estimate of drug-likeness (QED) is 0.782. The summed E-state index contributed by atoms with van der Waals surface area (Å²) >= 11 is 0. The van der Waals surface area contributed by atoms with E-state index in [1.165, 1.54) is 18.6 Å². The number of nitrogens with one attached hydrogen (secondary N) is 1. The first-order chi connectivity index (χ1) is 13.8. The Bertz CT molecular complexity index is 990. The van der Waals surface area contributed by atoms with Crippen LogP contribution in [-0.2, 0) is 14.8 Å². The lowest BCUT2D eigenvalue weighted by atomic mass is 9.95. The third kappa shape index (κ3) is 4.15. The summed E-state index contributed by atoms with van der Waals surface area (Å²) in [5.41, 5.74) is 1.39. The zero-order valence-corrected chi connectivity index (χ0v) is 17.2. The first kappa shape index (κ1) is 19.9. The van der Waals surface area contributed by atoms with Crippen molar-refractivity contribution in [2.24, 2.45) is 11.8 Å². The van der Waals surface area contributed by atoms with Gasteiger partial charge in [-0.2, -0.15) is 0 Å². The molecular weight excluding hydrogens is 391 g/mol. The Morgan fingerprint density at radius 1 is 1.07 bits per heavy atom. The molecule has 2 saturated carbocycles. The summed E-state index contributed by atoms with van der Waals surface area (Å²) in [4.78, 5) is 12.7. The van der Waals surface area contributed by atoms with Gasteiger partial charge in [-0.25, -0.2) is 12.8 Å². The van der Waals surface area contributed by atoms with Gasteiger partial charge in [-0.15, -0.1) is 0 Å². The van der Waals surface area contributed by atoms with Crippen LogP contribution in [0.4, 0.5) is 10.1 Å². The number of halogens is 1. The molecule has 3 atom stereocenters. The van der Waals surface area contributed by atoms with E-state index >= 15 is 0 Å². The monoisotopic (exact) mass is 416 g/mol. The molecular formula is C22H25FN2O3S. The average molecular weight is 417 g/mol. The summed E-state index contributed by atoms with van der Waals surface area (Å²) in [6.07, 6.45) is 4.49. The maximum atomic E-state index is 13.3. The van der Waals surface area contributed by atoms with E-state index in [1.807, 2.05) is 6.92 Å². The third-order valence-corrected chi connectivity index (χ3v) is 7.88. The summed E-state index contributed by atoms with van der Waals surface area (Å²) in [5.74, 6) is 0.362. The highest BCUT2D eigenvalue weighted by Gasteiger charge is 2.40. The summed E-state index contributed by atoms with van der Waals surface area (Å²) in [7, 11) is -4.02. The average Bonchev–Trinajstić information content (AvgIpc) is 3.30. The predicted octanol–water partition coefficient (Wildman–Crippen LogP) is 3.63. The molecule has 4 rings (SSSR count). The van der Waals surface area contributed by atoms with E-state index in [0.717, 1.165) is 41.3 Å². The number of hydrogen-bond donors (Lipinski definition) is 1. The van der Waals surface area contributed by atoms with Crippen molar-refractivity contribution in [3.05, 3.63) is 59.9 Å². The number of nitrogens with zero attached hydrogens (tertiary/aromatic N) is 1. The molecule has 0 aliphatic heterocycles. The first-order valence-electron chi connectivity index (χ1n) is 9.97. The number of aryl methyl sites for hydroxylation is 1. The molecule has 5 nitrogen and oxygen atoms in total. The van der Waals surface area contributed by atoms with E-state index in [-0.39, 0.29) is 23.4 Å². The Balaban J connectivity index is 1.59. The van der Waals surface area contributed by atoms with Gasteiger partial charge in [-0.1, -0.05) is 24.1 Å². The molecule has 2 bridgehead atoms. The number of benzene rings is 2. The van der Waals surface area contributed by atoms with Crippen LogP contribution in [0.25, 0.3) is 0 Å². The van der Waals surface area contributed by atoms with Gasteiger partial charge in [-0.3, -0.25) is 9.10 Å². The van der Waals surface area contributed by atoms with Crippen molar-refractivity contribution in [2.75, 3.05) is 10.8 Å². The van der Waals surface area contributed by atoms with Crippen molar-refractivity contribution in [1.82, 2.24) is 5.32 Å². The molecule has 0 saturated heterocycles. The van der Waals surface area contributed by atoms with Crippen molar-refractivity contribution in [2.45, 2.75) is 43.5 Å². The van der Waals surface area contributed by atoms with Crippen LogP contribution in [0.2, 0.25) is 0 Å². The lowest BCUT2D eigenvalue weighted by Gasteiger charge is -2.27. The number of amides is 1. The third-order valence-electron chi connectivity index (χ3n) is 6.10. The smallest absolute Gasteiger partial charge is 0.264 e. The molecule has 29 heavy (non-hydrogen) atoms. The van der Waals surface area contributed by atoms with Crippen molar-refractivity contribution in [1.29, 1.82) is 0 Å². The van der Waals surface area contributed by atoms with Gasteiger partial charge >= 0.3 is 0 Å². The molecule has 1 N–H and O–H groups in total. The summed E-state index contributed by atoms with van der Waals surface area (Å²) in [6.45, 7) is 1.60. The first-order valence-corrected chi connectivity index (χ1v) is 11.4. The Kier molecular flexibility index (Phi) is 5.34. The lowest BCUT2D eigenvalue weighted by Crippen LogP contribution is -2.46. The Morgan fingerprint density at radius 3 is 2.34 bits per heavy atom. The van der Waals surface area contributed by atoms with Crippen LogP contribution in [0, 0.1) is 24.6 Å². The standard InChI is InChI=1S/C22H25FN2O3S/c1-15-2-8-19(9-3-15)25(29(27,28)20-10-6-18(23)7-11-20)14-22(26)24-21-13-16-4-5-17(21)12-16/h2-3,6-11,16-17,21H,4-5,12-14H2,1H3,(H,24,26)/t16-,17-,21-/m1/s1. The molecule has 2 aliphatic carbocycles. The van der Waals surface area contributed by atoms with E-state index in [4.69, 9.17) is 0 Å². The van der Waals surface area contributed by atoms with Crippen LogP contribution in [0.5, 0.6) is 0 Å². The van der Waals surface area contributed by atoms with E-state index < -0.39 is 15.8 Å². The molecule has 0 unspecified atom stereocenters. The molecule has 0 radical (unpaired) electrons. The minimum Gasteiger partial charge on any atom is -0.352 e. The Labute approximate surface area is 171 Å². The molecule has 0 heterocycles. The van der Waals surface area contributed by atoms with Gasteiger partial charge in [0.05, 0.1) is 10.6 Å². The van der Waals surface area contributed by atoms with Gasteiger partial charge < -0.3 is 5.32 Å². The van der Waals surface area contributed by atoms with E-state index in [2.05, 4.69) is 5.32 Å². The number of carbonyl (C=O) groups excluding carboxylic acids is 1. The van der Waals surface area contributed by atoms with Gasteiger partial charge in [0.25, 0.3) is 10.0 Å². The van der Waals surface area contributed by atoms with Crippen LogP contribution >= 0.6 is 0 Å². The van der Waals surface area contributed by atoms with Gasteiger partial charge in [0, 0.05) is 6.04 Å². The van der Waals surface area contributed by atoms with Crippen LogP contribution in [0.1, 0.15) is 31.2 Å². The molecule has 0 spiro atoms. The molecule has 1 amide bonds. The normalized spacial score (nSPS) is 23.2. The number of rotatable bonds is 6. The molecule has 2 aliphatic rings. The number of fused-ring (bicyclic) bond motifs is 2. The second kappa shape index (κ2) is 7.78. The van der Waals surface area contributed by atoms with Gasteiger partial charge in [-0.05, 0) is 74.4 Å². The minimum atomic E-state index is -4.02. The number of sulfonamides is 1. The molecule has 2 aromatic carbocycles. The Hall–Kier alpha value is -2.41. The number of hydrogen-bond acceptors (Lipinski definition) is 3. The highest BCUT2D eigenvalue weighted by atomic mass is 32.2. The second-order valence-electron chi connectivity index (χ2n) is 8.15. The zero-order chi connectivity index (χ0) is 20.6. The van der Waals surface area contributed by atoms with Crippen LogP contribution < -0.4 is 9.62 Å². The number of carbonyl (C=O) groups is 1. The fourth-order valence-corrected chi connectivity index (χ4v) is 5.99. The van der Waals surface area contributed by atoms with Gasteiger partial charge in [0.1, 0.15) is 12.4 Å². The predicted molar refractivity (Wildman–Crippen MR) is 109 cm³/mol. The van der Waals surface area contributed by atoms with E-state index in [9.17, 15) is 17.6 Å².